The summed E-state index contributed by atoms with van der Waals surface area (Å²) in [5.41, 5.74) is 7.47. The molecule has 0 aliphatic heterocycles. The van der Waals surface area contributed by atoms with Crippen LogP contribution in [-0.2, 0) is 6.42 Å². The zero-order chi connectivity index (χ0) is 11.3. The van der Waals surface area contributed by atoms with Crippen molar-refractivity contribution >= 4 is 5.82 Å². The average Bonchev–Trinajstić information content (AvgIpc) is 2.27. The molecule has 0 fully saturated rings. The molecule has 1 atom stereocenters. The first-order chi connectivity index (χ1) is 7.17. The van der Waals surface area contributed by atoms with E-state index < -0.39 is 6.10 Å². The van der Waals surface area contributed by atoms with Gasteiger partial charge >= 0.3 is 0 Å². The first kappa shape index (κ1) is 11.5. The van der Waals surface area contributed by atoms with Gasteiger partial charge in [0.1, 0.15) is 11.9 Å². The minimum absolute atomic E-state index is 0.419. The Morgan fingerprint density at radius 2 is 2.27 bits per heavy atom. The third-order valence-electron chi connectivity index (χ3n) is 2.14. The van der Waals surface area contributed by atoms with Crippen LogP contribution in [0, 0.1) is 11.8 Å². The molecule has 1 aromatic heterocycles. The maximum atomic E-state index is 9.30. The number of aryl methyl sites for hydroxylation is 1. The van der Waals surface area contributed by atoms with Crippen LogP contribution in [0.2, 0.25) is 0 Å². The molecule has 0 aliphatic carbocycles. The Hall–Kier alpha value is -1.53. The van der Waals surface area contributed by atoms with Crippen molar-refractivity contribution in [3.8, 4) is 11.8 Å². The lowest BCUT2D eigenvalue weighted by atomic mass is 10.1. The molecule has 0 aliphatic rings. The fraction of sp³-hybridized carbons (Fsp3) is 0.417. The fourth-order valence-electron chi connectivity index (χ4n) is 1.08. The Morgan fingerprint density at radius 3 is 2.87 bits per heavy atom. The lowest BCUT2D eigenvalue weighted by Crippen LogP contribution is -2.00. The monoisotopic (exact) mass is 204 g/mol. The molecular formula is C12H16N2O. The number of aliphatic hydroxyl groups is 1. The molecule has 0 radical (unpaired) electrons. The molecule has 3 nitrogen and oxygen atoms in total. The molecule has 0 saturated carbocycles. The molecule has 1 unspecified atom stereocenters. The molecule has 1 heterocycles. The van der Waals surface area contributed by atoms with Gasteiger partial charge in [0.05, 0.1) is 5.56 Å². The third kappa shape index (κ3) is 3.26. The summed E-state index contributed by atoms with van der Waals surface area (Å²) in [4.78, 5) is 4.05. The van der Waals surface area contributed by atoms with Gasteiger partial charge in [-0.05, 0) is 24.5 Å². The van der Waals surface area contributed by atoms with E-state index in [1.165, 1.54) is 0 Å². The minimum Gasteiger partial charge on any atom is -0.383 e. The molecule has 3 heteroatoms. The second-order valence-electron chi connectivity index (χ2n) is 3.32. The van der Waals surface area contributed by atoms with E-state index >= 15 is 0 Å². The van der Waals surface area contributed by atoms with Crippen LogP contribution in [0.4, 0.5) is 5.82 Å². The number of anilines is 1. The second-order valence-corrected chi connectivity index (χ2v) is 3.32. The van der Waals surface area contributed by atoms with Crippen LogP contribution >= 0.6 is 0 Å². The molecule has 0 bridgehead atoms. The van der Waals surface area contributed by atoms with E-state index in [1.54, 1.807) is 6.20 Å². The number of nitrogens with zero attached hydrogens (tertiary/aromatic N) is 1. The van der Waals surface area contributed by atoms with Gasteiger partial charge < -0.3 is 10.8 Å². The molecule has 1 rings (SSSR count). The minimum atomic E-state index is -0.588. The first-order valence-electron chi connectivity index (χ1n) is 5.11. The summed E-state index contributed by atoms with van der Waals surface area (Å²) in [7, 11) is 0. The van der Waals surface area contributed by atoms with Crippen molar-refractivity contribution < 1.29 is 5.11 Å². The Bertz CT molecular complexity index is 390. The average molecular weight is 204 g/mol. The van der Waals surface area contributed by atoms with Crippen LogP contribution in [0.1, 0.15) is 31.4 Å². The third-order valence-corrected chi connectivity index (χ3v) is 2.14. The summed E-state index contributed by atoms with van der Waals surface area (Å²) < 4.78 is 0. The molecule has 15 heavy (non-hydrogen) atoms. The molecule has 0 aromatic carbocycles. The van der Waals surface area contributed by atoms with Crippen LogP contribution in [0.3, 0.4) is 0 Å². The highest BCUT2D eigenvalue weighted by Gasteiger charge is 1.99. The highest BCUT2D eigenvalue weighted by molar-refractivity contribution is 5.52. The van der Waals surface area contributed by atoms with Crippen molar-refractivity contribution in [2.75, 3.05) is 5.73 Å². The zero-order valence-electron chi connectivity index (χ0n) is 9.12. The van der Waals surface area contributed by atoms with E-state index in [9.17, 15) is 5.11 Å². The van der Waals surface area contributed by atoms with Crippen molar-refractivity contribution in [3.63, 3.8) is 0 Å². The molecule has 0 amide bonds. The van der Waals surface area contributed by atoms with Gasteiger partial charge in [-0.1, -0.05) is 25.7 Å². The Kier molecular flexibility index (Phi) is 4.14. The van der Waals surface area contributed by atoms with Crippen LogP contribution in [0.15, 0.2) is 12.3 Å². The summed E-state index contributed by atoms with van der Waals surface area (Å²) in [6, 6.07) is 1.91. The van der Waals surface area contributed by atoms with Crippen LogP contribution < -0.4 is 5.73 Å². The van der Waals surface area contributed by atoms with E-state index in [1.807, 2.05) is 19.9 Å². The van der Waals surface area contributed by atoms with Crippen molar-refractivity contribution in [3.05, 3.63) is 23.4 Å². The normalized spacial score (nSPS) is 11.7. The number of hydrogen-bond donors (Lipinski definition) is 2. The van der Waals surface area contributed by atoms with Crippen molar-refractivity contribution in [1.29, 1.82) is 0 Å². The topological polar surface area (TPSA) is 59.1 Å². The summed E-state index contributed by atoms with van der Waals surface area (Å²) in [6.45, 7) is 3.93. The van der Waals surface area contributed by atoms with Gasteiger partial charge in [-0.3, -0.25) is 0 Å². The van der Waals surface area contributed by atoms with Gasteiger partial charge in [0, 0.05) is 6.20 Å². The number of aromatic nitrogens is 1. The second kappa shape index (κ2) is 5.38. The molecule has 1 aromatic rings. The Balaban J connectivity index is 2.96. The number of rotatable bonds is 2. The van der Waals surface area contributed by atoms with Gasteiger partial charge in [0.25, 0.3) is 0 Å². The van der Waals surface area contributed by atoms with E-state index in [0.29, 0.717) is 17.8 Å². The molecule has 0 saturated heterocycles. The number of pyridine rings is 1. The van der Waals surface area contributed by atoms with E-state index in [0.717, 1.165) is 12.0 Å². The van der Waals surface area contributed by atoms with Crippen molar-refractivity contribution in [2.24, 2.45) is 0 Å². The van der Waals surface area contributed by atoms with Gasteiger partial charge in [-0.15, -0.1) is 0 Å². The summed E-state index contributed by atoms with van der Waals surface area (Å²) >= 11 is 0. The summed E-state index contributed by atoms with van der Waals surface area (Å²) in [6.07, 6.45) is 2.68. The Labute approximate surface area is 90.3 Å². The van der Waals surface area contributed by atoms with E-state index in [-0.39, 0.29) is 0 Å². The lowest BCUT2D eigenvalue weighted by molar-refractivity contribution is 0.228. The maximum absolute atomic E-state index is 9.30. The highest BCUT2D eigenvalue weighted by Crippen LogP contribution is 2.09. The van der Waals surface area contributed by atoms with Gasteiger partial charge in [0.15, 0.2) is 0 Å². The smallest absolute Gasteiger partial charge is 0.139 e. The summed E-state index contributed by atoms with van der Waals surface area (Å²) in [5, 5.41) is 9.30. The summed E-state index contributed by atoms with van der Waals surface area (Å²) in [5.74, 6) is 6.00. The fourth-order valence-corrected chi connectivity index (χ4v) is 1.08. The van der Waals surface area contributed by atoms with Crippen LogP contribution in [0.5, 0.6) is 0 Å². The lowest BCUT2D eigenvalue weighted by Gasteiger charge is -2.01. The zero-order valence-corrected chi connectivity index (χ0v) is 9.12. The number of nitrogens with two attached hydrogens (primary N) is 1. The van der Waals surface area contributed by atoms with E-state index in [2.05, 4.69) is 16.8 Å². The maximum Gasteiger partial charge on any atom is 0.139 e. The van der Waals surface area contributed by atoms with Gasteiger partial charge in [-0.25, -0.2) is 4.98 Å². The number of nitrogen functional groups attached to an aromatic ring is 1. The standard InChI is InChI=1S/C12H16N2O/c1-3-9-7-10(12(13)14-8-9)5-6-11(15)4-2/h7-8,11,15H,3-4H2,1-2H3,(H2,13,14). The SMILES string of the molecule is CCc1cnc(N)c(C#CC(O)CC)c1. The number of hydrogen-bond acceptors (Lipinski definition) is 3. The molecular weight excluding hydrogens is 188 g/mol. The van der Waals surface area contributed by atoms with Crippen molar-refractivity contribution in [1.82, 2.24) is 4.98 Å². The largest absolute Gasteiger partial charge is 0.383 e. The van der Waals surface area contributed by atoms with Crippen LogP contribution in [0.25, 0.3) is 0 Å². The van der Waals surface area contributed by atoms with Gasteiger partial charge in [-0.2, -0.15) is 0 Å². The predicted octanol–water partition coefficient (Wildman–Crippen LogP) is 1.35. The van der Waals surface area contributed by atoms with Gasteiger partial charge in [0.2, 0.25) is 0 Å². The quantitative estimate of drug-likeness (QED) is 0.715. The molecule has 80 valence electrons. The van der Waals surface area contributed by atoms with E-state index in [4.69, 9.17) is 5.73 Å². The van der Waals surface area contributed by atoms with Crippen molar-refractivity contribution in [2.45, 2.75) is 32.8 Å². The Morgan fingerprint density at radius 1 is 1.53 bits per heavy atom. The molecule has 0 spiro atoms. The highest BCUT2D eigenvalue weighted by atomic mass is 16.3. The molecule has 3 N–H and O–H groups in total. The predicted molar refractivity (Wildman–Crippen MR) is 61.2 cm³/mol. The number of aliphatic hydroxyl groups excluding tert-OH is 1. The first-order valence-corrected chi connectivity index (χ1v) is 5.11. The van der Waals surface area contributed by atoms with Crippen LogP contribution in [-0.4, -0.2) is 16.2 Å².